The third kappa shape index (κ3) is 2.67. The lowest BCUT2D eigenvalue weighted by molar-refractivity contribution is -0.126. The highest BCUT2D eigenvalue weighted by atomic mass is 16.1. The van der Waals surface area contributed by atoms with E-state index in [1.165, 1.54) is 0 Å². The number of nitrogens with zero attached hydrogens (tertiary/aromatic N) is 1. The van der Waals surface area contributed by atoms with Crippen molar-refractivity contribution in [2.75, 3.05) is 13.6 Å². The zero-order chi connectivity index (χ0) is 10.0. The zero-order valence-corrected chi connectivity index (χ0v) is 8.36. The summed E-state index contributed by atoms with van der Waals surface area (Å²) in [5, 5.41) is 0. The molecule has 0 aromatic rings. The van der Waals surface area contributed by atoms with E-state index in [1.54, 1.807) is 0 Å². The van der Waals surface area contributed by atoms with Crippen molar-refractivity contribution < 1.29 is 4.79 Å². The lowest BCUT2D eigenvalue weighted by Crippen LogP contribution is -2.49. The Balaban J connectivity index is 2.23. The molecule has 4 N–H and O–H groups in total. The van der Waals surface area contributed by atoms with E-state index in [0.29, 0.717) is 6.04 Å². The van der Waals surface area contributed by atoms with Gasteiger partial charge in [0.25, 0.3) is 0 Å². The minimum Gasteiger partial charge on any atom is -0.369 e. The van der Waals surface area contributed by atoms with Gasteiger partial charge in [0.2, 0.25) is 5.91 Å². The number of primary amides is 1. The average molecular weight is 185 g/mol. The van der Waals surface area contributed by atoms with Gasteiger partial charge >= 0.3 is 0 Å². The van der Waals surface area contributed by atoms with E-state index in [2.05, 4.69) is 4.90 Å². The Morgan fingerprint density at radius 3 is 2.54 bits per heavy atom. The van der Waals surface area contributed by atoms with Crippen LogP contribution in [-0.4, -0.2) is 36.5 Å². The number of hydrogen-bond acceptors (Lipinski definition) is 3. The highest BCUT2D eigenvalue weighted by Gasteiger charge is 2.35. The van der Waals surface area contributed by atoms with Gasteiger partial charge < -0.3 is 16.4 Å². The number of likely N-dealkylation sites (N-methyl/N-ethyl adjacent to an activating group) is 1. The molecule has 0 aromatic carbocycles. The first kappa shape index (κ1) is 10.5. The maximum Gasteiger partial charge on any atom is 0.220 e. The van der Waals surface area contributed by atoms with Gasteiger partial charge in [-0.05, 0) is 26.8 Å². The minimum absolute atomic E-state index is 0.0977. The Kier molecular flexibility index (Phi) is 3.27. The van der Waals surface area contributed by atoms with Gasteiger partial charge in [-0.2, -0.15) is 0 Å². The third-order valence-electron chi connectivity index (χ3n) is 2.71. The Morgan fingerprint density at radius 2 is 2.15 bits per heavy atom. The molecular formula is C9H19N3O. The van der Waals surface area contributed by atoms with E-state index in [-0.39, 0.29) is 17.9 Å². The first-order chi connectivity index (χ1) is 6.00. The molecule has 1 aliphatic carbocycles. The summed E-state index contributed by atoms with van der Waals surface area (Å²) < 4.78 is 0. The van der Waals surface area contributed by atoms with E-state index in [0.717, 1.165) is 19.4 Å². The fraction of sp³-hybridized carbons (Fsp3) is 0.889. The number of hydrogen-bond donors (Lipinski definition) is 2. The van der Waals surface area contributed by atoms with Crippen LogP contribution in [0.2, 0.25) is 0 Å². The molecule has 0 heterocycles. The van der Waals surface area contributed by atoms with Gasteiger partial charge in [-0.3, -0.25) is 4.79 Å². The summed E-state index contributed by atoms with van der Waals surface area (Å²) in [6.45, 7) is 2.87. The lowest BCUT2D eigenvalue weighted by atomic mass is 9.79. The number of amides is 1. The molecular weight excluding hydrogens is 166 g/mol. The monoisotopic (exact) mass is 185 g/mol. The molecule has 4 nitrogen and oxygen atoms in total. The van der Waals surface area contributed by atoms with Gasteiger partial charge in [0.1, 0.15) is 0 Å². The van der Waals surface area contributed by atoms with E-state index in [9.17, 15) is 4.79 Å². The molecule has 1 rings (SSSR count). The van der Waals surface area contributed by atoms with Gasteiger partial charge in [0, 0.05) is 24.5 Å². The van der Waals surface area contributed by atoms with Crippen molar-refractivity contribution >= 4 is 5.91 Å². The van der Waals surface area contributed by atoms with Gasteiger partial charge in [0.15, 0.2) is 0 Å². The summed E-state index contributed by atoms with van der Waals surface area (Å²) >= 11 is 0. The van der Waals surface area contributed by atoms with Crippen molar-refractivity contribution in [3.05, 3.63) is 0 Å². The van der Waals surface area contributed by atoms with Crippen molar-refractivity contribution in [2.45, 2.75) is 31.8 Å². The summed E-state index contributed by atoms with van der Waals surface area (Å²) in [5.41, 5.74) is 10.9. The van der Waals surface area contributed by atoms with Crippen LogP contribution in [0, 0.1) is 5.92 Å². The normalized spacial score (nSPS) is 29.8. The molecule has 0 aliphatic heterocycles. The van der Waals surface area contributed by atoms with Crippen LogP contribution < -0.4 is 11.5 Å². The first-order valence-electron chi connectivity index (χ1n) is 4.76. The van der Waals surface area contributed by atoms with Crippen LogP contribution in [0.15, 0.2) is 0 Å². The van der Waals surface area contributed by atoms with Crippen molar-refractivity contribution in [1.29, 1.82) is 0 Å². The fourth-order valence-electron chi connectivity index (χ4n) is 1.78. The first-order valence-corrected chi connectivity index (χ1v) is 4.76. The molecule has 1 aliphatic rings. The topological polar surface area (TPSA) is 72.3 Å². The minimum atomic E-state index is -0.162. The van der Waals surface area contributed by atoms with E-state index >= 15 is 0 Å². The summed E-state index contributed by atoms with van der Waals surface area (Å²) in [6.07, 6.45) is 1.80. The van der Waals surface area contributed by atoms with Gasteiger partial charge in [-0.15, -0.1) is 0 Å². The highest BCUT2D eigenvalue weighted by molar-refractivity contribution is 5.77. The second kappa shape index (κ2) is 4.07. The second-order valence-electron chi connectivity index (χ2n) is 4.14. The van der Waals surface area contributed by atoms with Gasteiger partial charge in [-0.1, -0.05) is 0 Å². The van der Waals surface area contributed by atoms with E-state index in [1.807, 2.05) is 14.0 Å². The summed E-state index contributed by atoms with van der Waals surface area (Å²) in [5.74, 6) is -0.0639. The SMILES string of the molecule is CC(N)CN(C)C1CC(C(N)=O)C1. The lowest BCUT2D eigenvalue weighted by Gasteiger charge is -2.40. The van der Waals surface area contributed by atoms with Crippen LogP contribution in [0.5, 0.6) is 0 Å². The predicted octanol–water partition coefficient (Wildman–Crippen LogP) is -0.471. The molecule has 76 valence electrons. The van der Waals surface area contributed by atoms with Crippen molar-refractivity contribution in [3.8, 4) is 0 Å². The van der Waals surface area contributed by atoms with Gasteiger partial charge in [-0.25, -0.2) is 0 Å². The van der Waals surface area contributed by atoms with Crippen LogP contribution in [-0.2, 0) is 4.79 Å². The highest BCUT2D eigenvalue weighted by Crippen LogP contribution is 2.30. The molecule has 0 saturated heterocycles. The number of carbonyl (C=O) groups is 1. The quantitative estimate of drug-likeness (QED) is 0.622. The Morgan fingerprint density at radius 1 is 1.62 bits per heavy atom. The Labute approximate surface area is 79.3 Å². The molecule has 0 aromatic heterocycles. The molecule has 0 bridgehead atoms. The number of nitrogens with two attached hydrogens (primary N) is 2. The van der Waals surface area contributed by atoms with Crippen LogP contribution in [0.1, 0.15) is 19.8 Å². The van der Waals surface area contributed by atoms with Crippen LogP contribution >= 0.6 is 0 Å². The molecule has 4 heteroatoms. The molecule has 0 radical (unpaired) electrons. The molecule has 1 atom stereocenters. The molecule has 0 spiro atoms. The largest absolute Gasteiger partial charge is 0.369 e. The number of carbonyl (C=O) groups excluding carboxylic acids is 1. The average Bonchev–Trinajstić information content (AvgIpc) is 1.79. The summed E-state index contributed by atoms with van der Waals surface area (Å²) in [6, 6.07) is 0.695. The summed E-state index contributed by atoms with van der Waals surface area (Å²) in [4.78, 5) is 13.0. The Hall–Kier alpha value is -0.610. The number of rotatable bonds is 4. The predicted molar refractivity (Wildman–Crippen MR) is 52.0 cm³/mol. The van der Waals surface area contributed by atoms with E-state index in [4.69, 9.17) is 11.5 Å². The van der Waals surface area contributed by atoms with Crippen LogP contribution in [0.3, 0.4) is 0 Å². The zero-order valence-electron chi connectivity index (χ0n) is 8.36. The fourth-order valence-corrected chi connectivity index (χ4v) is 1.78. The molecule has 1 saturated carbocycles. The smallest absolute Gasteiger partial charge is 0.220 e. The molecule has 1 unspecified atom stereocenters. The van der Waals surface area contributed by atoms with Crippen molar-refractivity contribution in [3.63, 3.8) is 0 Å². The molecule has 1 amide bonds. The molecule has 1 fully saturated rings. The standard InChI is InChI=1S/C9H19N3O/c1-6(10)5-12(2)8-3-7(4-8)9(11)13/h6-8H,3-5,10H2,1-2H3,(H2,11,13). The maximum absolute atomic E-state index is 10.8. The van der Waals surface area contributed by atoms with E-state index < -0.39 is 0 Å². The van der Waals surface area contributed by atoms with Crippen LogP contribution in [0.4, 0.5) is 0 Å². The third-order valence-corrected chi connectivity index (χ3v) is 2.71. The van der Waals surface area contributed by atoms with Crippen LogP contribution in [0.25, 0.3) is 0 Å². The van der Waals surface area contributed by atoms with Crippen molar-refractivity contribution in [1.82, 2.24) is 4.90 Å². The summed E-state index contributed by atoms with van der Waals surface area (Å²) in [7, 11) is 2.05. The van der Waals surface area contributed by atoms with Gasteiger partial charge in [0.05, 0.1) is 0 Å². The molecule has 13 heavy (non-hydrogen) atoms. The van der Waals surface area contributed by atoms with Crippen molar-refractivity contribution in [2.24, 2.45) is 17.4 Å². The Bertz CT molecular complexity index is 187. The second-order valence-corrected chi connectivity index (χ2v) is 4.14. The maximum atomic E-state index is 10.8.